The lowest BCUT2D eigenvalue weighted by molar-refractivity contribution is -0.131. The van der Waals surface area contributed by atoms with E-state index < -0.39 is 0 Å². The van der Waals surface area contributed by atoms with Crippen molar-refractivity contribution >= 4 is 17.7 Å². The number of carbonyl (C=O) groups is 1. The van der Waals surface area contributed by atoms with Gasteiger partial charge in [0.25, 0.3) is 0 Å². The molecule has 1 aliphatic carbocycles. The van der Waals surface area contributed by atoms with E-state index in [1.165, 1.54) is 25.7 Å². The van der Waals surface area contributed by atoms with Gasteiger partial charge >= 0.3 is 0 Å². The second-order valence-corrected chi connectivity index (χ2v) is 6.13. The summed E-state index contributed by atoms with van der Waals surface area (Å²) in [5, 5.41) is 3.96. The third-order valence-corrected chi connectivity index (χ3v) is 5.22. The minimum absolute atomic E-state index is 0.0874. The number of likely N-dealkylation sites (N-methyl/N-ethyl adjacent to an activating group) is 1. The van der Waals surface area contributed by atoms with E-state index in [1.54, 1.807) is 0 Å². The Balaban J connectivity index is 1.99. The fourth-order valence-corrected chi connectivity index (χ4v) is 4.18. The number of likely N-dealkylation sites (tertiary alicyclic amines) is 1. The highest BCUT2D eigenvalue weighted by atomic mass is 32.2. The molecule has 0 bridgehead atoms. The molecule has 98 valence electrons. The third-order valence-electron chi connectivity index (χ3n) is 4.06. The van der Waals surface area contributed by atoms with Crippen molar-refractivity contribution in [2.75, 3.05) is 19.3 Å². The van der Waals surface area contributed by atoms with Crippen LogP contribution in [0, 0.1) is 0 Å². The molecule has 3 nitrogen and oxygen atoms in total. The van der Waals surface area contributed by atoms with Crippen LogP contribution in [0.3, 0.4) is 0 Å². The van der Waals surface area contributed by atoms with Crippen molar-refractivity contribution in [3.05, 3.63) is 0 Å². The van der Waals surface area contributed by atoms with Crippen LogP contribution in [0.5, 0.6) is 0 Å². The van der Waals surface area contributed by atoms with Crippen molar-refractivity contribution in [3.63, 3.8) is 0 Å². The summed E-state index contributed by atoms with van der Waals surface area (Å²) in [6.45, 7) is 3.92. The lowest BCUT2D eigenvalue weighted by Crippen LogP contribution is -2.48. The molecule has 1 N–H and O–H groups in total. The molecule has 1 amide bonds. The maximum Gasteiger partial charge on any atom is 0.240 e. The Morgan fingerprint density at radius 1 is 1.35 bits per heavy atom. The normalized spacial score (nSPS) is 34.4. The SMILES string of the molecule is CCNC1CCN(C2CCCCC2SC)C1=O. The van der Waals surface area contributed by atoms with Crippen LogP contribution in [0.1, 0.15) is 39.0 Å². The number of nitrogens with one attached hydrogen (secondary N) is 1. The molecular weight excluding hydrogens is 232 g/mol. The quantitative estimate of drug-likeness (QED) is 0.833. The molecule has 2 aliphatic rings. The average Bonchev–Trinajstić information content (AvgIpc) is 2.72. The Morgan fingerprint density at radius 2 is 2.12 bits per heavy atom. The number of amides is 1. The van der Waals surface area contributed by atoms with E-state index in [-0.39, 0.29) is 6.04 Å². The highest BCUT2D eigenvalue weighted by Crippen LogP contribution is 2.32. The zero-order valence-electron chi connectivity index (χ0n) is 10.9. The molecule has 0 aromatic carbocycles. The first-order valence-corrected chi connectivity index (χ1v) is 8.13. The number of thioether (sulfide) groups is 1. The summed E-state index contributed by atoms with van der Waals surface area (Å²) in [5.74, 6) is 0.345. The molecule has 0 spiro atoms. The minimum Gasteiger partial charge on any atom is -0.337 e. The van der Waals surface area contributed by atoms with Crippen molar-refractivity contribution in [1.82, 2.24) is 10.2 Å². The van der Waals surface area contributed by atoms with Crippen LogP contribution in [0.25, 0.3) is 0 Å². The predicted molar refractivity (Wildman–Crippen MR) is 73.4 cm³/mol. The Kier molecular flexibility index (Phi) is 4.74. The Hall–Kier alpha value is -0.220. The highest BCUT2D eigenvalue weighted by molar-refractivity contribution is 7.99. The zero-order chi connectivity index (χ0) is 12.3. The molecule has 1 saturated heterocycles. The van der Waals surface area contributed by atoms with Gasteiger partial charge in [-0.25, -0.2) is 0 Å². The van der Waals surface area contributed by atoms with Crippen LogP contribution >= 0.6 is 11.8 Å². The van der Waals surface area contributed by atoms with E-state index in [2.05, 4.69) is 23.4 Å². The largest absolute Gasteiger partial charge is 0.337 e. The van der Waals surface area contributed by atoms with Gasteiger partial charge in [0.1, 0.15) is 0 Å². The Morgan fingerprint density at radius 3 is 2.82 bits per heavy atom. The minimum atomic E-state index is 0.0874. The average molecular weight is 256 g/mol. The first-order chi connectivity index (χ1) is 8.27. The fraction of sp³-hybridized carbons (Fsp3) is 0.923. The number of hydrogen-bond donors (Lipinski definition) is 1. The monoisotopic (exact) mass is 256 g/mol. The molecule has 1 aliphatic heterocycles. The van der Waals surface area contributed by atoms with Crippen LogP contribution in [0.2, 0.25) is 0 Å². The van der Waals surface area contributed by atoms with Gasteiger partial charge in [-0.15, -0.1) is 0 Å². The summed E-state index contributed by atoms with van der Waals surface area (Å²) in [5.41, 5.74) is 0. The summed E-state index contributed by atoms with van der Waals surface area (Å²) < 4.78 is 0. The molecule has 17 heavy (non-hydrogen) atoms. The summed E-state index contributed by atoms with van der Waals surface area (Å²) in [7, 11) is 0. The van der Waals surface area contributed by atoms with Gasteiger partial charge in [-0.3, -0.25) is 4.79 Å². The number of rotatable bonds is 4. The Bertz CT molecular complexity index is 272. The van der Waals surface area contributed by atoms with Crippen molar-refractivity contribution in [2.45, 2.75) is 56.4 Å². The van der Waals surface area contributed by atoms with E-state index in [1.807, 2.05) is 11.8 Å². The number of hydrogen-bond acceptors (Lipinski definition) is 3. The highest BCUT2D eigenvalue weighted by Gasteiger charge is 2.39. The molecule has 3 unspecified atom stereocenters. The van der Waals surface area contributed by atoms with Gasteiger partial charge in [0, 0.05) is 17.8 Å². The van der Waals surface area contributed by atoms with Crippen LogP contribution in [0.4, 0.5) is 0 Å². The number of carbonyl (C=O) groups excluding carboxylic acids is 1. The van der Waals surface area contributed by atoms with Crippen LogP contribution in [-0.2, 0) is 4.79 Å². The molecule has 2 fully saturated rings. The van der Waals surface area contributed by atoms with Gasteiger partial charge in [0.15, 0.2) is 0 Å². The van der Waals surface area contributed by atoms with Crippen LogP contribution in [-0.4, -0.2) is 47.5 Å². The molecule has 0 aromatic heterocycles. The molecule has 1 saturated carbocycles. The van der Waals surface area contributed by atoms with Gasteiger partial charge in [-0.2, -0.15) is 11.8 Å². The number of nitrogens with zero attached hydrogens (tertiary/aromatic N) is 1. The Labute approximate surface area is 109 Å². The topological polar surface area (TPSA) is 32.3 Å². The first kappa shape index (κ1) is 13.2. The van der Waals surface area contributed by atoms with Gasteiger partial charge in [-0.1, -0.05) is 19.8 Å². The smallest absolute Gasteiger partial charge is 0.240 e. The van der Waals surface area contributed by atoms with Gasteiger partial charge in [-0.05, 0) is 32.1 Å². The van der Waals surface area contributed by atoms with Crippen molar-refractivity contribution < 1.29 is 4.79 Å². The summed E-state index contributed by atoms with van der Waals surface area (Å²) in [6, 6.07) is 0.583. The maximum atomic E-state index is 12.3. The lowest BCUT2D eigenvalue weighted by atomic mass is 9.94. The standard InChI is InChI=1S/C13H24N2OS/c1-3-14-10-8-9-15(13(10)16)11-6-4-5-7-12(11)17-2/h10-12,14H,3-9H2,1-2H3. The lowest BCUT2D eigenvalue weighted by Gasteiger charge is -2.37. The summed E-state index contributed by atoms with van der Waals surface area (Å²) >= 11 is 1.94. The van der Waals surface area contributed by atoms with Crippen molar-refractivity contribution in [2.24, 2.45) is 0 Å². The molecule has 2 rings (SSSR count). The van der Waals surface area contributed by atoms with Gasteiger partial charge in [0.2, 0.25) is 5.91 Å². The first-order valence-electron chi connectivity index (χ1n) is 6.84. The molecular formula is C13H24N2OS. The van der Waals surface area contributed by atoms with E-state index in [0.717, 1.165) is 19.5 Å². The molecule has 1 heterocycles. The molecule has 0 aromatic rings. The fourth-order valence-electron chi connectivity index (χ4n) is 3.18. The predicted octanol–water partition coefficient (Wildman–Crippen LogP) is 1.87. The van der Waals surface area contributed by atoms with Crippen molar-refractivity contribution in [1.29, 1.82) is 0 Å². The molecule has 4 heteroatoms. The van der Waals surface area contributed by atoms with E-state index in [0.29, 0.717) is 17.2 Å². The summed E-state index contributed by atoms with van der Waals surface area (Å²) in [4.78, 5) is 14.5. The van der Waals surface area contributed by atoms with Crippen LogP contribution in [0.15, 0.2) is 0 Å². The third kappa shape index (κ3) is 2.79. The van der Waals surface area contributed by atoms with Crippen molar-refractivity contribution in [3.8, 4) is 0 Å². The summed E-state index contributed by atoms with van der Waals surface area (Å²) in [6.07, 6.45) is 8.28. The van der Waals surface area contributed by atoms with E-state index in [4.69, 9.17) is 0 Å². The van der Waals surface area contributed by atoms with E-state index in [9.17, 15) is 4.79 Å². The van der Waals surface area contributed by atoms with Crippen LogP contribution < -0.4 is 5.32 Å². The van der Waals surface area contributed by atoms with Gasteiger partial charge < -0.3 is 10.2 Å². The molecule has 0 radical (unpaired) electrons. The second-order valence-electron chi connectivity index (χ2n) is 5.06. The maximum absolute atomic E-state index is 12.3. The second kappa shape index (κ2) is 6.10. The van der Waals surface area contributed by atoms with Gasteiger partial charge in [0.05, 0.1) is 6.04 Å². The molecule has 3 atom stereocenters. The zero-order valence-corrected chi connectivity index (χ0v) is 11.8. The van der Waals surface area contributed by atoms with E-state index >= 15 is 0 Å².